The van der Waals surface area contributed by atoms with Crippen molar-refractivity contribution in [2.24, 2.45) is 11.7 Å². The average molecular weight is 325 g/mol. The quantitative estimate of drug-likeness (QED) is 0.736. The largest absolute Gasteiger partial charge is 0.329 e. The maximum atomic E-state index is 12.2. The molecule has 0 aliphatic heterocycles. The Kier molecular flexibility index (Phi) is 5.93. The van der Waals surface area contributed by atoms with Gasteiger partial charge in [-0.1, -0.05) is 25.3 Å². The molecule has 4 N–H and O–H groups in total. The van der Waals surface area contributed by atoms with Crippen molar-refractivity contribution in [3.8, 4) is 0 Å². The van der Waals surface area contributed by atoms with Crippen molar-refractivity contribution in [3.05, 3.63) is 24.3 Å². The Labute approximate surface area is 131 Å². The van der Waals surface area contributed by atoms with Crippen LogP contribution in [0.3, 0.4) is 0 Å². The van der Waals surface area contributed by atoms with Crippen LogP contribution in [-0.2, 0) is 14.8 Å². The van der Waals surface area contributed by atoms with Gasteiger partial charge in [0.05, 0.1) is 4.90 Å². The third-order valence-electron chi connectivity index (χ3n) is 3.82. The standard InChI is InChI=1S/C15H23N3O3S/c16-9-10-17-22(20,21)14-8-4-7-13(11-14)18-15(19)12-5-2-1-3-6-12/h4,7-8,11-12,17H,1-3,5-6,9-10,16H2,(H,18,19). The van der Waals surface area contributed by atoms with Gasteiger partial charge in [0, 0.05) is 24.7 Å². The Morgan fingerprint density at radius 1 is 1.23 bits per heavy atom. The highest BCUT2D eigenvalue weighted by Crippen LogP contribution is 2.25. The van der Waals surface area contributed by atoms with E-state index in [0.29, 0.717) is 5.69 Å². The summed E-state index contributed by atoms with van der Waals surface area (Å²) in [6.07, 6.45) is 5.15. The van der Waals surface area contributed by atoms with Crippen molar-refractivity contribution in [3.63, 3.8) is 0 Å². The van der Waals surface area contributed by atoms with Gasteiger partial charge in [-0.3, -0.25) is 4.79 Å². The van der Waals surface area contributed by atoms with Crippen molar-refractivity contribution < 1.29 is 13.2 Å². The van der Waals surface area contributed by atoms with Gasteiger partial charge < -0.3 is 11.1 Å². The van der Waals surface area contributed by atoms with Gasteiger partial charge in [-0.15, -0.1) is 0 Å². The summed E-state index contributed by atoms with van der Waals surface area (Å²) in [5.74, 6) is 0.00791. The third-order valence-corrected chi connectivity index (χ3v) is 5.28. The summed E-state index contributed by atoms with van der Waals surface area (Å²) in [5.41, 5.74) is 5.81. The molecule has 7 heteroatoms. The van der Waals surface area contributed by atoms with E-state index in [1.807, 2.05) is 0 Å². The number of carbonyl (C=O) groups is 1. The number of carbonyl (C=O) groups excluding carboxylic acids is 1. The van der Waals surface area contributed by atoms with Crippen LogP contribution in [0.5, 0.6) is 0 Å². The minimum Gasteiger partial charge on any atom is -0.329 e. The molecule has 1 saturated carbocycles. The number of anilines is 1. The molecule has 2 rings (SSSR count). The molecule has 0 unspecified atom stereocenters. The molecule has 1 aromatic rings. The fraction of sp³-hybridized carbons (Fsp3) is 0.533. The predicted octanol–water partition coefficient (Wildman–Crippen LogP) is 1.44. The molecule has 6 nitrogen and oxygen atoms in total. The summed E-state index contributed by atoms with van der Waals surface area (Å²) in [6, 6.07) is 6.28. The average Bonchev–Trinajstić information content (AvgIpc) is 2.54. The molecule has 1 aliphatic carbocycles. The number of nitrogens with two attached hydrogens (primary N) is 1. The lowest BCUT2D eigenvalue weighted by molar-refractivity contribution is -0.120. The zero-order valence-corrected chi connectivity index (χ0v) is 13.4. The van der Waals surface area contributed by atoms with Gasteiger partial charge in [0.25, 0.3) is 0 Å². The van der Waals surface area contributed by atoms with Crippen molar-refractivity contribution in [2.75, 3.05) is 18.4 Å². The smallest absolute Gasteiger partial charge is 0.240 e. The van der Waals surface area contributed by atoms with E-state index in [0.717, 1.165) is 25.7 Å². The molecular formula is C15H23N3O3S. The SMILES string of the molecule is NCCNS(=O)(=O)c1cccc(NC(=O)C2CCCCC2)c1. The van der Waals surface area contributed by atoms with Crippen molar-refractivity contribution >= 4 is 21.6 Å². The highest BCUT2D eigenvalue weighted by atomic mass is 32.2. The lowest BCUT2D eigenvalue weighted by Crippen LogP contribution is -2.29. The number of nitrogens with one attached hydrogen (secondary N) is 2. The molecule has 1 aromatic carbocycles. The van der Waals surface area contributed by atoms with Crippen LogP contribution in [-0.4, -0.2) is 27.4 Å². The Bertz CT molecular complexity index is 610. The van der Waals surface area contributed by atoms with E-state index in [9.17, 15) is 13.2 Å². The van der Waals surface area contributed by atoms with Crippen LogP contribution in [0.4, 0.5) is 5.69 Å². The third kappa shape index (κ3) is 4.53. The minimum atomic E-state index is -3.59. The van der Waals surface area contributed by atoms with E-state index in [1.165, 1.54) is 18.6 Å². The summed E-state index contributed by atoms with van der Waals surface area (Å²) in [4.78, 5) is 12.3. The van der Waals surface area contributed by atoms with Gasteiger partial charge in [0.15, 0.2) is 0 Å². The van der Waals surface area contributed by atoms with E-state index in [2.05, 4.69) is 10.0 Å². The number of sulfonamides is 1. The monoisotopic (exact) mass is 325 g/mol. The molecule has 122 valence electrons. The normalized spacial score (nSPS) is 16.4. The first-order valence-corrected chi connectivity index (χ1v) is 9.12. The van der Waals surface area contributed by atoms with Crippen LogP contribution >= 0.6 is 0 Å². The number of rotatable bonds is 6. The fourth-order valence-electron chi connectivity index (χ4n) is 2.63. The zero-order valence-electron chi connectivity index (χ0n) is 12.5. The van der Waals surface area contributed by atoms with Gasteiger partial charge in [0.2, 0.25) is 15.9 Å². The lowest BCUT2D eigenvalue weighted by atomic mass is 9.88. The van der Waals surface area contributed by atoms with Gasteiger partial charge in [-0.05, 0) is 31.0 Å². The van der Waals surface area contributed by atoms with Crippen molar-refractivity contribution in [1.82, 2.24) is 4.72 Å². The zero-order chi connectivity index (χ0) is 16.0. The van der Waals surface area contributed by atoms with E-state index < -0.39 is 10.0 Å². The second-order valence-corrected chi connectivity index (χ2v) is 7.31. The molecule has 1 amide bonds. The summed E-state index contributed by atoms with van der Waals surface area (Å²) >= 11 is 0. The van der Waals surface area contributed by atoms with Crippen LogP contribution in [0.25, 0.3) is 0 Å². The molecule has 1 fully saturated rings. The maximum Gasteiger partial charge on any atom is 0.240 e. The molecule has 1 aliphatic rings. The van der Waals surface area contributed by atoms with E-state index in [4.69, 9.17) is 5.73 Å². The number of benzene rings is 1. The maximum absolute atomic E-state index is 12.2. The van der Waals surface area contributed by atoms with Crippen LogP contribution in [0.1, 0.15) is 32.1 Å². The Hall–Kier alpha value is -1.44. The summed E-state index contributed by atoms with van der Waals surface area (Å²) in [6.45, 7) is 0.415. The topological polar surface area (TPSA) is 101 Å². The second-order valence-electron chi connectivity index (χ2n) is 5.54. The highest BCUT2D eigenvalue weighted by molar-refractivity contribution is 7.89. The lowest BCUT2D eigenvalue weighted by Gasteiger charge is -2.20. The van der Waals surface area contributed by atoms with Gasteiger partial charge in [-0.25, -0.2) is 13.1 Å². The van der Waals surface area contributed by atoms with Crippen LogP contribution in [0.2, 0.25) is 0 Å². The van der Waals surface area contributed by atoms with Crippen LogP contribution in [0, 0.1) is 5.92 Å². The highest BCUT2D eigenvalue weighted by Gasteiger charge is 2.21. The fourth-order valence-corrected chi connectivity index (χ4v) is 3.72. The number of hydrogen-bond donors (Lipinski definition) is 3. The number of amides is 1. The summed E-state index contributed by atoms with van der Waals surface area (Å²) in [5, 5.41) is 2.82. The van der Waals surface area contributed by atoms with Gasteiger partial charge in [-0.2, -0.15) is 0 Å². The molecule has 0 atom stereocenters. The first-order chi connectivity index (χ1) is 10.5. The van der Waals surface area contributed by atoms with Gasteiger partial charge in [0.1, 0.15) is 0 Å². The predicted molar refractivity (Wildman–Crippen MR) is 85.9 cm³/mol. The second kappa shape index (κ2) is 7.71. The summed E-state index contributed by atoms with van der Waals surface area (Å²) < 4.78 is 26.5. The van der Waals surface area contributed by atoms with E-state index in [-0.39, 0.29) is 29.8 Å². The molecule has 0 spiro atoms. The first-order valence-electron chi connectivity index (χ1n) is 7.63. The molecule has 0 saturated heterocycles. The van der Waals surface area contributed by atoms with E-state index >= 15 is 0 Å². The Morgan fingerprint density at radius 3 is 2.64 bits per heavy atom. The number of hydrogen-bond acceptors (Lipinski definition) is 4. The van der Waals surface area contributed by atoms with Crippen molar-refractivity contribution in [1.29, 1.82) is 0 Å². The molecule has 0 radical (unpaired) electrons. The van der Waals surface area contributed by atoms with Crippen LogP contribution in [0.15, 0.2) is 29.2 Å². The molecule has 0 bridgehead atoms. The van der Waals surface area contributed by atoms with Crippen molar-refractivity contribution in [2.45, 2.75) is 37.0 Å². The Morgan fingerprint density at radius 2 is 1.95 bits per heavy atom. The molecule has 0 heterocycles. The Balaban J connectivity index is 2.06. The molecule has 0 aromatic heterocycles. The molecule has 22 heavy (non-hydrogen) atoms. The summed E-state index contributed by atoms with van der Waals surface area (Å²) in [7, 11) is -3.59. The van der Waals surface area contributed by atoms with E-state index in [1.54, 1.807) is 12.1 Å². The first kappa shape index (κ1) is 16.9. The van der Waals surface area contributed by atoms with Gasteiger partial charge >= 0.3 is 0 Å². The molecular weight excluding hydrogens is 302 g/mol. The minimum absolute atomic E-state index is 0.0239. The van der Waals surface area contributed by atoms with Crippen LogP contribution < -0.4 is 15.8 Å².